The molecule has 0 bridgehead atoms. The molecule has 5 nitrogen and oxygen atoms in total. The molecule has 1 saturated heterocycles. The van der Waals surface area contributed by atoms with E-state index in [9.17, 15) is 9.90 Å². The summed E-state index contributed by atoms with van der Waals surface area (Å²) in [6.07, 6.45) is 5.48. The van der Waals surface area contributed by atoms with Crippen LogP contribution in [-0.2, 0) is 0 Å². The third kappa shape index (κ3) is 3.87. The van der Waals surface area contributed by atoms with Gasteiger partial charge in [0.05, 0.1) is 18.4 Å². The van der Waals surface area contributed by atoms with Gasteiger partial charge in [-0.1, -0.05) is 6.07 Å². The predicted molar refractivity (Wildman–Crippen MR) is 104 cm³/mol. The molecule has 5 heteroatoms. The first-order chi connectivity index (χ1) is 12.6. The van der Waals surface area contributed by atoms with Crippen molar-refractivity contribution in [1.29, 1.82) is 0 Å². The molecule has 1 heterocycles. The summed E-state index contributed by atoms with van der Waals surface area (Å²) in [5.74, 6) is -0.174. The molecule has 3 rings (SSSR count). The molecule has 1 aliphatic rings. The highest BCUT2D eigenvalue weighted by molar-refractivity contribution is 5.92. The number of nitrogens with zero attached hydrogens (tertiary/aromatic N) is 2. The van der Waals surface area contributed by atoms with Crippen LogP contribution in [0.4, 0.5) is 11.4 Å². The first-order valence-electron chi connectivity index (χ1n) is 8.90. The largest absolute Gasteiger partial charge is 0.496 e. The van der Waals surface area contributed by atoms with Crippen LogP contribution in [0.25, 0.3) is 0 Å². The Kier molecular flexibility index (Phi) is 5.56. The van der Waals surface area contributed by atoms with Crippen molar-refractivity contribution in [2.24, 2.45) is 4.99 Å². The summed E-state index contributed by atoms with van der Waals surface area (Å²) in [7, 11) is 1.66. The quantitative estimate of drug-likeness (QED) is 0.808. The standard InChI is InChI=1S/C21H24N2O3/c1-15-18(21(24)25)7-6-8-19(15)22-14-16-9-10-17(13-20(16)26-2)23-11-4-3-5-12-23/h6-10,13-14H,3-5,11-12H2,1-2H3,(H,24,25). The lowest BCUT2D eigenvalue weighted by atomic mass is 10.1. The van der Waals surface area contributed by atoms with E-state index in [1.165, 1.54) is 24.9 Å². The van der Waals surface area contributed by atoms with Gasteiger partial charge in [-0.25, -0.2) is 4.79 Å². The highest BCUT2D eigenvalue weighted by Gasteiger charge is 2.13. The number of ether oxygens (including phenoxy) is 1. The Balaban J connectivity index is 1.86. The first kappa shape index (κ1) is 18.0. The van der Waals surface area contributed by atoms with Gasteiger partial charge < -0.3 is 14.7 Å². The van der Waals surface area contributed by atoms with Gasteiger partial charge in [0.15, 0.2) is 0 Å². The topological polar surface area (TPSA) is 62.1 Å². The smallest absolute Gasteiger partial charge is 0.336 e. The van der Waals surface area contributed by atoms with Gasteiger partial charge in [-0.15, -0.1) is 0 Å². The Morgan fingerprint density at radius 1 is 1.19 bits per heavy atom. The zero-order chi connectivity index (χ0) is 18.5. The fraction of sp³-hybridized carbons (Fsp3) is 0.333. The van der Waals surface area contributed by atoms with Crippen LogP contribution >= 0.6 is 0 Å². The number of aromatic carboxylic acids is 1. The lowest BCUT2D eigenvalue weighted by molar-refractivity contribution is 0.0696. The summed E-state index contributed by atoms with van der Waals surface area (Å²) in [5.41, 5.74) is 3.61. The summed E-state index contributed by atoms with van der Waals surface area (Å²) in [5, 5.41) is 9.24. The van der Waals surface area contributed by atoms with Crippen LogP contribution in [0.15, 0.2) is 41.4 Å². The molecule has 0 atom stereocenters. The van der Waals surface area contributed by atoms with Gasteiger partial charge in [0.2, 0.25) is 0 Å². The zero-order valence-electron chi connectivity index (χ0n) is 15.2. The van der Waals surface area contributed by atoms with Crippen molar-refractivity contribution in [2.75, 3.05) is 25.1 Å². The molecule has 0 aliphatic carbocycles. The average molecular weight is 352 g/mol. The van der Waals surface area contributed by atoms with Gasteiger partial charge in [-0.2, -0.15) is 0 Å². The Labute approximate surface area is 153 Å². The first-order valence-corrected chi connectivity index (χ1v) is 8.90. The maximum atomic E-state index is 11.3. The fourth-order valence-corrected chi connectivity index (χ4v) is 3.29. The molecule has 1 aliphatic heterocycles. The van der Waals surface area contributed by atoms with E-state index >= 15 is 0 Å². The number of anilines is 1. The van der Waals surface area contributed by atoms with Gasteiger partial charge in [-0.3, -0.25) is 4.99 Å². The van der Waals surface area contributed by atoms with E-state index < -0.39 is 5.97 Å². The Hall–Kier alpha value is -2.82. The molecule has 0 aromatic heterocycles. The lowest BCUT2D eigenvalue weighted by Gasteiger charge is -2.29. The summed E-state index contributed by atoms with van der Waals surface area (Å²) in [6.45, 7) is 3.93. The molecule has 2 aromatic carbocycles. The van der Waals surface area contributed by atoms with Gasteiger partial charge in [0.1, 0.15) is 5.75 Å². The number of rotatable bonds is 5. The average Bonchev–Trinajstić information content (AvgIpc) is 2.67. The number of piperidine rings is 1. The number of methoxy groups -OCH3 is 1. The van der Waals surface area contributed by atoms with Crippen molar-refractivity contribution in [3.63, 3.8) is 0 Å². The molecular weight excluding hydrogens is 328 g/mol. The summed E-state index contributed by atoms with van der Waals surface area (Å²) >= 11 is 0. The minimum absolute atomic E-state index is 0.270. The van der Waals surface area contributed by atoms with Crippen molar-refractivity contribution < 1.29 is 14.6 Å². The summed E-state index contributed by atoms with van der Waals surface area (Å²) in [6, 6.07) is 11.3. The maximum absolute atomic E-state index is 11.3. The molecule has 0 unspecified atom stereocenters. The number of hydrogen-bond acceptors (Lipinski definition) is 4. The molecule has 26 heavy (non-hydrogen) atoms. The van der Waals surface area contributed by atoms with Gasteiger partial charge >= 0.3 is 5.97 Å². The SMILES string of the molecule is COc1cc(N2CCCCC2)ccc1C=Nc1cccc(C(=O)O)c1C. The molecule has 0 amide bonds. The Morgan fingerprint density at radius 2 is 1.96 bits per heavy atom. The monoisotopic (exact) mass is 352 g/mol. The molecule has 1 fully saturated rings. The summed E-state index contributed by atoms with van der Waals surface area (Å²) < 4.78 is 5.55. The third-order valence-electron chi connectivity index (χ3n) is 4.82. The number of hydrogen-bond donors (Lipinski definition) is 1. The van der Waals surface area contributed by atoms with Crippen LogP contribution in [0.3, 0.4) is 0 Å². The molecule has 0 spiro atoms. The van der Waals surface area contributed by atoms with Crippen molar-refractivity contribution in [2.45, 2.75) is 26.2 Å². The lowest BCUT2D eigenvalue weighted by Crippen LogP contribution is -2.29. The van der Waals surface area contributed by atoms with Crippen LogP contribution in [0, 0.1) is 6.92 Å². The van der Waals surface area contributed by atoms with Crippen LogP contribution < -0.4 is 9.64 Å². The van der Waals surface area contributed by atoms with Crippen molar-refractivity contribution in [3.05, 3.63) is 53.1 Å². The molecule has 2 aromatic rings. The van der Waals surface area contributed by atoms with Crippen LogP contribution in [0.5, 0.6) is 5.75 Å². The molecule has 0 saturated carbocycles. The van der Waals surface area contributed by atoms with Crippen LogP contribution in [0.2, 0.25) is 0 Å². The minimum Gasteiger partial charge on any atom is -0.496 e. The minimum atomic E-state index is -0.942. The zero-order valence-corrected chi connectivity index (χ0v) is 15.2. The van der Waals surface area contributed by atoms with Gasteiger partial charge in [-0.05, 0) is 56.0 Å². The van der Waals surface area contributed by atoms with Crippen molar-refractivity contribution in [1.82, 2.24) is 0 Å². The van der Waals surface area contributed by atoms with Crippen molar-refractivity contribution in [3.8, 4) is 5.75 Å². The second-order valence-electron chi connectivity index (χ2n) is 6.49. The van der Waals surface area contributed by atoms with Crippen molar-refractivity contribution >= 4 is 23.6 Å². The van der Waals surface area contributed by atoms with Crippen LogP contribution in [-0.4, -0.2) is 37.5 Å². The predicted octanol–water partition coefficient (Wildman–Crippen LogP) is 4.44. The Bertz CT molecular complexity index is 824. The molecule has 1 N–H and O–H groups in total. The Morgan fingerprint density at radius 3 is 2.65 bits per heavy atom. The van der Waals surface area contributed by atoms with E-state index in [-0.39, 0.29) is 5.56 Å². The highest BCUT2D eigenvalue weighted by atomic mass is 16.5. The molecule has 0 radical (unpaired) electrons. The van der Waals surface area contributed by atoms with E-state index in [1.807, 2.05) is 18.2 Å². The van der Waals surface area contributed by atoms with E-state index in [0.717, 1.165) is 24.4 Å². The number of carboxylic acid groups (broad SMARTS) is 1. The fourth-order valence-electron chi connectivity index (χ4n) is 3.29. The van der Waals surface area contributed by atoms with E-state index in [0.29, 0.717) is 11.3 Å². The van der Waals surface area contributed by atoms with Gasteiger partial charge in [0.25, 0.3) is 0 Å². The highest BCUT2D eigenvalue weighted by Crippen LogP contribution is 2.28. The van der Waals surface area contributed by atoms with Gasteiger partial charge in [0, 0.05) is 36.6 Å². The molecule has 136 valence electrons. The number of aliphatic imine (C=N–C) groups is 1. The number of carboxylic acids is 1. The maximum Gasteiger partial charge on any atom is 0.336 e. The number of benzene rings is 2. The van der Waals surface area contributed by atoms with Crippen LogP contribution in [0.1, 0.15) is 40.7 Å². The second kappa shape index (κ2) is 8.04. The normalized spacial score (nSPS) is 14.6. The second-order valence-corrected chi connectivity index (χ2v) is 6.49. The van der Waals surface area contributed by atoms with E-state index in [2.05, 4.69) is 16.0 Å². The van der Waals surface area contributed by atoms with E-state index in [1.54, 1.807) is 32.4 Å². The third-order valence-corrected chi connectivity index (χ3v) is 4.82. The molecular formula is C21H24N2O3. The summed E-state index contributed by atoms with van der Waals surface area (Å²) in [4.78, 5) is 18.1. The number of carbonyl (C=O) groups is 1. The van der Waals surface area contributed by atoms with E-state index in [4.69, 9.17) is 4.74 Å².